The van der Waals surface area contributed by atoms with Crippen molar-refractivity contribution < 1.29 is 9.47 Å². The molecule has 0 unspecified atom stereocenters. The van der Waals surface area contributed by atoms with Gasteiger partial charge in [0.05, 0.1) is 19.3 Å². The Hall–Kier alpha value is -2.42. The molecule has 0 aliphatic carbocycles. The highest BCUT2D eigenvalue weighted by molar-refractivity contribution is 5.47. The molecule has 0 saturated heterocycles. The van der Waals surface area contributed by atoms with Gasteiger partial charge in [-0.15, -0.1) is 0 Å². The van der Waals surface area contributed by atoms with E-state index < -0.39 is 5.60 Å². The third-order valence-corrected chi connectivity index (χ3v) is 4.39. The lowest BCUT2D eigenvalue weighted by Gasteiger charge is -2.36. The molecule has 2 heteroatoms. The molecule has 3 rings (SSSR count). The summed E-state index contributed by atoms with van der Waals surface area (Å²) >= 11 is 0. The van der Waals surface area contributed by atoms with Gasteiger partial charge in [0.25, 0.3) is 0 Å². The molecule has 0 fully saturated rings. The maximum absolute atomic E-state index is 6.61. The van der Waals surface area contributed by atoms with Gasteiger partial charge in [-0.05, 0) is 30.5 Å². The summed E-state index contributed by atoms with van der Waals surface area (Å²) < 4.78 is 12.3. The maximum Gasteiger partial charge on any atom is 0.143 e. The SMILES string of the molecule is CC(C)OCCOC(c1ccccc1)(c1ccccc1)c1ccccc1. The molecule has 0 aliphatic heterocycles. The monoisotopic (exact) mass is 346 g/mol. The fourth-order valence-corrected chi connectivity index (χ4v) is 3.25. The highest BCUT2D eigenvalue weighted by Crippen LogP contribution is 2.40. The highest BCUT2D eigenvalue weighted by Gasteiger charge is 2.37. The lowest BCUT2D eigenvalue weighted by atomic mass is 9.80. The second-order valence-corrected chi connectivity index (χ2v) is 6.55. The number of rotatable bonds is 8. The van der Waals surface area contributed by atoms with Crippen LogP contribution in [0.4, 0.5) is 0 Å². The first-order valence-electron chi connectivity index (χ1n) is 9.15. The van der Waals surface area contributed by atoms with Crippen LogP contribution in [-0.2, 0) is 15.1 Å². The van der Waals surface area contributed by atoms with Gasteiger partial charge in [-0.2, -0.15) is 0 Å². The molecule has 0 amide bonds. The summed E-state index contributed by atoms with van der Waals surface area (Å²) in [6, 6.07) is 31.2. The smallest absolute Gasteiger partial charge is 0.143 e. The van der Waals surface area contributed by atoms with Crippen molar-refractivity contribution in [3.8, 4) is 0 Å². The Kier molecular flexibility index (Phi) is 6.21. The molecule has 3 aromatic carbocycles. The Bertz CT molecular complexity index is 670. The summed E-state index contributed by atoms with van der Waals surface area (Å²) in [6.07, 6.45) is 0.193. The van der Waals surface area contributed by atoms with E-state index in [-0.39, 0.29) is 6.10 Å². The Morgan fingerprint density at radius 1 is 0.615 bits per heavy atom. The quantitative estimate of drug-likeness (QED) is 0.400. The topological polar surface area (TPSA) is 18.5 Å². The minimum Gasteiger partial charge on any atom is -0.376 e. The summed E-state index contributed by atoms with van der Waals surface area (Å²) in [5.74, 6) is 0. The zero-order chi connectivity index (χ0) is 18.2. The summed E-state index contributed by atoms with van der Waals surface area (Å²) in [5.41, 5.74) is 2.68. The summed E-state index contributed by atoms with van der Waals surface area (Å²) in [6.45, 7) is 5.15. The van der Waals surface area contributed by atoms with Gasteiger partial charge in [0.15, 0.2) is 0 Å². The van der Waals surface area contributed by atoms with E-state index in [1.165, 1.54) is 0 Å². The van der Waals surface area contributed by atoms with Crippen molar-refractivity contribution in [2.75, 3.05) is 13.2 Å². The Morgan fingerprint density at radius 3 is 1.35 bits per heavy atom. The van der Waals surface area contributed by atoms with Gasteiger partial charge < -0.3 is 9.47 Å². The fraction of sp³-hybridized carbons (Fsp3) is 0.250. The van der Waals surface area contributed by atoms with Gasteiger partial charge in [-0.1, -0.05) is 91.0 Å². The molecule has 0 atom stereocenters. The first-order chi connectivity index (χ1) is 12.7. The van der Waals surface area contributed by atoms with Gasteiger partial charge in [0, 0.05) is 0 Å². The second-order valence-electron chi connectivity index (χ2n) is 6.55. The predicted octanol–water partition coefficient (Wildman–Crippen LogP) is 5.42. The lowest BCUT2D eigenvalue weighted by Crippen LogP contribution is -2.34. The molecule has 0 spiro atoms. The molecule has 0 aromatic heterocycles. The van der Waals surface area contributed by atoms with Crippen LogP contribution in [0, 0.1) is 0 Å². The van der Waals surface area contributed by atoms with Crippen LogP contribution in [0.1, 0.15) is 30.5 Å². The molecule has 0 saturated carbocycles. The van der Waals surface area contributed by atoms with Gasteiger partial charge >= 0.3 is 0 Å². The minimum absolute atomic E-state index is 0.193. The average Bonchev–Trinajstić information content (AvgIpc) is 2.70. The van der Waals surface area contributed by atoms with Crippen molar-refractivity contribution >= 4 is 0 Å². The number of benzene rings is 3. The van der Waals surface area contributed by atoms with E-state index >= 15 is 0 Å². The second kappa shape index (κ2) is 8.79. The fourth-order valence-electron chi connectivity index (χ4n) is 3.25. The van der Waals surface area contributed by atoms with E-state index in [1.807, 2.05) is 32.0 Å². The number of hydrogen-bond donors (Lipinski definition) is 0. The normalized spacial score (nSPS) is 11.7. The molecule has 26 heavy (non-hydrogen) atoms. The van der Waals surface area contributed by atoms with E-state index in [0.29, 0.717) is 13.2 Å². The summed E-state index contributed by atoms with van der Waals surface area (Å²) in [7, 11) is 0. The molecular formula is C24H26O2. The summed E-state index contributed by atoms with van der Waals surface area (Å²) in [4.78, 5) is 0. The molecular weight excluding hydrogens is 320 g/mol. The van der Waals surface area contributed by atoms with Crippen LogP contribution in [0.2, 0.25) is 0 Å². The van der Waals surface area contributed by atoms with E-state index in [9.17, 15) is 0 Å². The third-order valence-electron chi connectivity index (χ3n) is 4.39. The van der Waals surface area contributed by atoms with E-state index in [2.05, 4.69) is 72.8 Å². The Balaban J connectivity index is 2.09. The zero-order valence-electron chi connectivity index (χ0n) is 15.5. The van der Waals surface area contributed by atoms with Crippen LogP contribution in [0.5, 0.6) is 0 Å². The highest BCUT2D eigenvalue weighted by atomic mass is 16.5. The van der Waals surface area contributed by atoms with Crippen LogP contribution >= 0.6 is 0 Å². The minimum atomic E-state index is -0.663. The van der Waals surface area contributed by atoms with Gasteiger partial charge in [0.1, 0.15) is 5.60 Å². The molecule has 134 valence electrons. The molecule has 0 heterocycles. The predicted molar refractivity (Wildman–Crippen MR) is 106 cm³/mol. The van der Waals surface area contributed by atoms with Crippen LogP contribution < -0.4 is 0 Å². The molecule has 2 nitrogen and oxygen atoms in total. The Morgan fingerprint density at radius 2 is 1.00 bits per heavy atom. The first-order valence-corrected chi connectivity index (χ1v) is 9.15. The molecule has 0 bridgehead atoms. The maximum atomic E-state index is 6.61. The standard InChI is InChI=1S/C24H26O2/c1-20(2)25-18-19-26-24(21-12-6-3-7-13-21,22-14-8-4-9-15-22)23-16-10-5-11-17-23/h3-17,20H,18-19H2,1-2H3. The number of ether oxygens (including phenoxy) is 2. The van der Waals surface area contributed by atoms with Crippen molar-refractivity contribution in [3.63, 3.8) is 0 Å². The van der Waals surface area contributed by atoms with Crippen LogP contribution in [0.3, 0.4) is 0 Å². The van der Waals surface area contributed by atoms with E-state index in [0.717, 1.165) is 16.7 Å². The molecule has 0 radical (unpaired) electrons. The van der Waals surface area contributed by atoms with Crippen molar-refractivity contribution in [1.29, 1.82) is 0 Å². The van der Waals surface area contributed by atoms with E-state index in [1.54, 1.807) is 0 Å². The largest absolute Gasteiger partial charge is 0.376 e. The molecule has 0 N–H and O–H groups in total. The average molecular weight is 346 g/mol. The van der Waals surface area contributed by atoms with Crippen LogP contribution in [0.25, 0.3) is 0 Å². The zero-order valence-corrected chi connectivity index (χ0v) is 15.5. The molecule has 3 aromatic rings. The number of hydrogen-bond acceptors (Lipinski definition) is 2. The lowest BCUT2D eigenvalue weighted by molar-refractivity contribution is -0.0361. The van der Waals surface area contributed by atoms with Crippen molar-refractivity contribution in [2.24, 2.45) is 0 Å². The molecule has 0 aliphatic rings. The van der Waals surface area contributed by atoms with Gasteiger partial charge in [0.2, 0.25) is 0 Å². The van der Waals surface area contributed by atoms with Gasteiger partial charge in [-0.3, -0.25) is 0 Å². The van der Waals surface area contributed by atoms with Gasteiger partial charge in [-0.25, -0.2) is 0 Å². The van der Waals surface area contributed by atoms with Crippen LogP contribution in [-0.4, -0.2) is 19.3 Å². The Labute approximate surface area is 156 Å². The van der Waals surface area contributed by atoms with Crippen molar-refractivity contribution in [2.45, 2.75) is 25.6 Å². The third kappa shape index (κ3) is 4.04. The first kappa shape index (κ1) is 18.4. The van der Waals surface area contributed by atoms with Crippen molar-refractivity contribution in [3.05, 3.63) is 108 Å². The van der Waals surface area contributed by atoms with Crippen LogP contribution in [0.15, 0.2) is 91.0 Å². The summed E-state index contributed by atoms with van der Waals surface area (Å²) in [5, 5.41) is 0. The van der Waals surface area contributed by atoms with Crippen molar-refractivity contribution in [1.82, 2.24) is 0 Å². The van der Waals surface area contributed by atoms with E-state index in [4.69, 9.17) is 9.47 Å².